The molecule has 2 amide bonds. The Morgan fingerprint density at radius 3 is 2.28 bits per heavy atom. The van der Waals surface area contributed by atoms with Gasteiger partial charge in [-0.1, -0.05) is 72.0 Å². The summed E-state index contributed by atoms with van der Waals surface area (Å²) in [6.45, 7) is 6.63. The van der Waals surface area contributed by atoms with Crippen molar-refractivity contribution in [1.29, 1.82) is 0 Å². The smallest absolute Gasteiger partial charge is 0.253 e. The highest BCUT2D eigenvalue weighted by Gasteiger charge is 2.25. The van der Waals surface area contributed by atoms with Crippen molar-refractivity contribution in [3.05, 3.63) is 67.9 Å². The Kier molecular flexibility index (Phi) is 10.3. The normalized spacial score (nSPS) is 12.0. The highest BCUT2D eigenvalue weighted by atomic mass is 35.5. The lowest BCUT2D eigenvalue weighted by atomic mass is 10.0. The van der Waals surface area contributed by atoms with Crippen molar-refractivity contribution in [2.24, 2.45) is 5.92 Å². The van der Waals surface area contributed by atoms with E-state index in [1.807, 2.05) is 11.5 Å². The lowest BCUT2D eigenvalue weighted by Crippen LogP contribution is -2.32. The maximum atomic E-state index is 13.0. The molecule has 1 aromatic heterocycles. The molecule has 1 heterocycles. The van der Waals surface area contributed by atoms with E-state index in [9.17, 15) is 9.59 Å². The van der Waals surface area contributed by atoms with Gasteiger partial charge < -0.3 is 15.2 Å². The van der Waals surface area contributed by atoms with Crippen molar-refractivity contribution in [2.45, 2.75) is 44.9 Å². The minimum Gasteiger partial charge on any atom is -0.342 e. The quantitative estimate of drug-likeness (QED) is 0.245. The van der Waals surface area contributed by atoms with Crippen molar-refractivity contribution < 1.29 is 9.59 Å². The second kappa shape index (κ2) is 13.0. The first kappa shape index (κ1) is 28.6. The predicted octanol–water partition coefficient (Wildman–Crippen LogP) is 7.16. The first-order valence-corrected chi connectivity index (χ1v) is 13.7. The molecule has 0 spiro atoms. The fourth-order valence-electron chi connectivity index (χ4n) is 3.48. The minimum atomic E-state index is -0.409. The molecule has 12 heteroatoms. The molecule has 0 fully saturated rings. The van der Waals surface area contributed by atoms with Gasteiger partial charge in [-0.3, -0.25) is 9.59 Å². The number of aromatic nitrogens is 3. The van der Waals surface area contributed by atoms with E-state index in [2.05, 4.69) is 34.7 Å². The summed E-state index contributed by atoms with van der Waals surface area (Å²) >= 11 is 25.5. The standard InChI is InChI=1S/C24H25Cl4N5O2S/c1-4-33-22(20(9-13(2)3)30-23(35)16-7-5-14(25)10-17(16)27)31-32-24(33)36-12-21(34)29-19-8-6-15(26)11-18(19)28/h5-8,10-11,13,20H,4,9,12H2,1-3H3,(H,29,34)(H,30,35)/t20-/m1/s1. The maximum absolute atomic E-state index is 13.0. The van der Waals surface area contributed by atoms with Crippen LogP contribution in [0.1, 0.15) is 49.4 Å². The third-order valence-electron chi connectivity index (χ3n) is 5.10. The molecule has 36 heavy (non-hydrogen) atoms. The molecule has 192 valence electrons. The number of halogens is 4. The van der Waals surface area contributed by atoms with E-state index >= 15 is 0 Å². The molecule has 3 rings (SSSR count). The second-order valence-corrected chi connectivity index (χ2v) is 11.0. The van der Waals surface area contributed by atoms with Gasteiger partial charge in [-0.2, -0.15) is 0 Å². The summed E-state index contributed by atoms with van der Waals surface area (Å²) in [5.74, 6) is 0.387. The van der Waals surface area contributed by atoms with E-state index in [0.29, 0.717) is 50.3 Å². The number of amides is 2. The lowest BCUT2D eigenvalue weighted by molar-refractivity contribution is -0.113. The summed E-state index contributed by atoms with van der Waals surface area (Å²) in [5.41, 5.74) is 0.800. The van der Waals surface area contributed by atoms with Crippen molar-refractivity contribution in [2.75, 3.05) is 11.1 Å². The topological polar surface area (TPSA) is 88.9 Å². The third kappa shape index (κ3) is 7.52. The monoisotopic (exact) mass is 587 g/mol. The number of thioether (sulfide) groups is 1. The van der Waals surface area contributed by atoms with Crippen LogP contribution >= 0.6 is 58.2 Å². The van der Waals surface area contributed by atoms with Gasteiger partial charge in [0.25, 0.3) is 5.91 Å². The molecular formula is C24H25Cl4N5O2S. The summed E-state index contributed by atoms with van der Waals surface area (Å²) in [7, 11) is 0. The molecule has 0 bridgehead atoms. The molecule has 2 aromatic carbocycles. The van der Waals surface area contributed by atoms with Crippen LogP contribution in [0.4, 0.5) is 5.69 Å². The van der Waals surface area contributed by atoms with Crippen LogP contribution in [-0.2, 0) is 11.3 Å². The van der Waals surface area contributed by atoms with Crippen molar-refractivity contribution in [1.82, 2.24) is 20.1 Å². The molecule has 0 aliphatic heterocycles. The van der Waals surface area contributed by atoms with Crippen LogP contribution in [0.2, 0.25) is 20.1 Å². The summed E-state index contributed by atoms with van der Waals surface area (Å²) in [6.07, 6.45) is 0.634. The Balaban J connectivity index is 1.75. The van der Waals surface area contributed by atoms with Crippen LogP contribution in [-0.4, -0.2) is 32.3 Å². The lowest BCUT2D eigenvalue weighted by Gasteiger charge is -2.21. The van der Waals surface area contributed by atoms with Crippen LogP contribution in [0, 0.1) is 5.92 Å². The molecule has 0 saturated heterocycles. The Bertz CT molecular complexity index is 1250. The fourth-order valence-corrected chi connectivity index (χ4v) is 5.24. The average Bonchev–Trinajstić information content (AvgIpc) is 3.21. The molecule has 0 unspecified atom stereocenters. The Morgan fingerprint density at radius 1 is 1.00 bits per heavy atom. The zero-order chi connectivity index (χ0) is 26.4. The Labute approximate surface area is 234 Å². The first-order valence-electron chi connectivity index (χ1n) is 11.2. The number of nitrogens with zero attached hydrogens (tertiary/aromatic N) is 3. The summed E-state index contributed by atoms with van der Waals surface area (Å²) < 4.78 is 1.89. The van der Waals surface area contributed by atoms with Gasteiger partial charge >= 0.3 is 0 Å². The molecule has 7 nitrogen and oxygen atoms in total. The van der Waals surface area contributed by atoms with E-state index in [4.69, 9.17) is 46.4 Å². The number of hydrogen-bond donors (Lipinski definition) is 2. The number of hydrogen-bond acceptors (Lipinski definition) is 5. The van der Waals surface area contributed by atoms with Crippen LogP contribution in [0.25, 0.3) is 0 Å². The molecule has 3 aromatic rings. The molecular weight excluding hydrogens is 564 g/mol. The third-order valence-corrected chi connectivity index (χ3v) is 7.16. The summed E-state index contributed by atoms with van der Waals surface area (Å²) in [5, 5.41) is 16.6. The van der Waals surface area contributed by atoms with Gasteiger partial charge in [-0.25, -0.2) is 0 Å². The fraction of sp³-hybridized carbons (Fsp3) is 0.333. The highest BCUT2D eigenvalue weighted by Crippen LogP contribution is 2.28. The van der Waals surface area contributed by atoms with Crippen LogP contribution < -0.4 is 10.6 Å². The van der Waals surface area contributed by atoms with Gasteiger partial charge in [0.2, 0.25) is 5.91 Å². The Morgan fingerprint density at radius 2 is 1.67 bits per heavy atom. The van der Waals surface area contributed by atoms with Crippen LogP contribution in [0.3, 0.4) is 0 Å². The van der Waals surface area contributed by atoms with Crippen molar-refractivity contribution in [3.8, 4) is 0 Å². The SMILES string of the molecule is CCn1c(SCC(=O)Nc2ccc(Cl)cc2Cl)nnc1[C@@H](CC(C)C)NC(=O)c1ccc(Cl)cc1Cl. The zero-order valence-corrected chi connectivity index (χ0v) is 23.7. The van der Waals surface area contributed by atoms with Gasteiger partial charge in [-0.05, 0) is 55.7 Å². The largest absolute Gasteiger partial charge is 0.342 e. The molecule has 0 radical (unpaired) electrons. The molecule has 0 aliphatic rings. The van der Waals surface area contributed by atoms with Gasteiger partial charge in [-0.15, -0.1) is 10.2 Å². The average molecular weight is 589 g/mol. The number of nitrogens with one attached hydrogen (secondary N) is 2. The Hall–Kier alpha value is -1.97. The van der Waals surface area contributed by atoms with Crippen LogP contribution in [0.5, 0.6) is 0 Å². The van der Waals surface area contributed by atoms with Gasteiger partial charge in [0.05, 0.1) is 33.1 Å². The van der Waals surface area contributed by atoms with Crippen molar-refractivity contribution in [3.63, 3.8) is 0 Å². The first-order chi connectivity index (χ1) is 17.1. The van der Waals surface area contributed by atoms with Gasteiger partial charge in [0.1, 0.15) is 0 Å². The number of benzene rings is 2. The number of carbonyl (C=O) groups is 2. The van der Waals surface area contributed by atoms with Crippen LogP contribution in [0.15, 0.2) is 41.6 Å². The highest BCUT2D eigenvalue weighted by molar-refractivity contribution is 7.99. The number of rotatable bonds is 10. The molecule has 1 atom stereocenters. The predicted molar refractivity (Wildman–Crippen MR) is 148 cm³/mol. The maximum Gasteiger partial charge on any atom is 0.253 e. The minimum absolute atomic E-state index is 0.0959. The summed E-state index contributed by atoms with van der Waals surface area (Å²) in [6, 6.07) is 9.18. The second-order valence-electron chi connectivity index (χ2n) is 8.33. The van der Waals surface area contributed by atoms with E-state index in [0.717, 1.165) is 0 Å². The van der Waals surface area contributed by atoms with Gasteiger partial charge in [0.15, 0.2) is 11.0 Å². The van der Waals surface area contributed by atoms with E-state index in [1.54, 1.807) is 30.3 Å². The van der Waals surface area contributed by atoms with E-state index < -0.39 is 6.04 Å². The number of carbonyl (C=O) groups excluding carboxylic acids is 2. The summed E-state index contributed by atoms with van der Waals surface area (Å²) in [4.78, 5) is 25.5. The van der Waals surface area contributed by atoms with Crippen molar-refractivity contribution >= 4 is 75.7 Å². The number of anilines is 1. The zero-order valence-electron chi connectivity index (χ0n) is 19.8. The molecule has 2 N–H and O–H groups in total. The molecule has 0 saturated carbocycles. The van der Waals surface area contributed by atoms with Gasteiger partial charge in [0, 0.05) is 16.6 Å². The van der Waals surface area contributed by atoms with E-state index in [-0.39, 0.29) is 28.5 Å². The molecule has 0 aliphatic carbocycles. The van der Waals surface area contributed by atoms with E-state index in [1.165, 1.54) is 17.8 Å².